The van der Waals surface area contributed by atoms with Crippen molar-refractivity contribution < 1.29 is 0 Å². The Bertz CT molecular complexity index is 5520. The first-order valence-corrected chi connectivity index (χ1v) is 30.1. The third kappa shape index (κ3) is 7.24. The van der Waals surface area contributed by atoms with Crippen molar-refractivity contribution in [2.75, 3.05) is 15.1 Å². The molecular weight excluding hydrogens is 1140 g/mol. The van der Waals surface area contributed by atoms with E-state index in [0.29, 0.717) is 84.5 Å². The van der Waals surface area contributed by atoms with Crippen LogP contribution >= 0.6 is 11.8 Å². The van der Waals surface area contributed by atoms with E-state index in [0.717, 1.165) is 79.2 Å². The van der Waals surface area contributed by atoms with Crippen molar-refractivity contribution in [3.05, 3.63) is 257 Å². The van der Waals surface area contributed by atoms with E-state index in [1.807, 2.05) is 103 Å². The average Bonchev–Trinajstić information content (AvgIpc) is 1.77. The standard InChI is InChI=1S/C67H37AsN16S/c1-2-16-38-37(15-1)35-72-82-58(38)64-79-61-62(39-17-11-27-49-57(39)76-45-23-7-5-21-43(45)74-49)83(53-30-14-32-55-60(53)78-47-25-9-10-31-54(47)85-55)67(66-71-36-51-63(81-66)70-34-33-69-51,40-18-12-28-50-59(40)77-46-24-8-6-22-44(46)75-50)84(65(61)80-64)52-29-13-26-48-56(52)68-41-19-3-4-20-42(41)73-48/h1-36,78H. The van der Waals surface area contributed by atoms with E-state index in [1.165, 1.54) is 0 Å². The quantitative estimate of drug-likeness (QED) is 0.122. The fourth-order valence-electron chi connectivity index (χ4n) is 12.2. The summed E-state index contributed by atoms with van der Waals surface area (Å²) >= 11 is 0.959. The van der Waals surface area contributed by atoms with Gasteiger partial charge < -0.3 is 0 Å². The minimum atomic E-state index is -1.80. The van der Waals surface area contributed by atoms with E-state index in [1.54, 1.807) is 36.5 Å². The SMILES string of the molecule is c1ccc2c(c1)N=c1cccc(N3C4=NC(c5nncc6ccccc56)=NC4=C(c4cccc5nc6ccccc6nc45)N(c4cccc5c4Nc4ccccc4S5)C3(c3ncc4nccnc4n3)c3cccc4nc5ccccc5nc34)c1=[As]2. The number of hydrogen-bond acceptors (Lipinski definition) is 17. The third-order valence-corrected chi connectivity index (χ3v) is 19.7. The van der Waals surface area contributed by atoms with Gasteiger partial charge in [-0.05, 0) is 0 Å². The van der Waals surface area contributed by atoms with Gasteiger partial charge in [-0.3, -0.25) is 0 Å². The fraction of sp³-hybridized carbons (Fsp3) is 0.0149. The van der Waals surface area contributed by atoms with Gasteiger partial charge in [0.25, 0.3) is 0 Å². The van der Waals surface area contributed by atoms with Crippen molar-refractivity contribution in [1.29, 1.82) is 0 Å². The Morgan fingerprint density at radius 1 is 0.506 bits per heavy atom. The molecule has 0 aliphatic carbocycles. The van der Waals surface area contributed by atoms with Gasteiger partial charge in [0.05, 0.1) is 0 Å². The molecule has 1 N–H and O–H groups in total. The first-order chi connectivity index (χ1) is 42.1. The van der Waals surface area contributed by atoms with Crippen molar-refractivity contribution in [2.24, 2.45) is 15.0 Å². The van der Waals surface area contributed by atoms with E-state index >= 15 is 0 Å². The molecule has 0 radical (unpaired) electrons. The zero-order chi connectivity index (χ0) is 55.7. The van der Waals surface area contributed by atoms with Crippen LogP contribution in [0.15, 0.2) is 249 Å². The monoisotopic (exact) mass is 1170 g/mol. The summed E-state index contributed by atoms with van der Waals surface area (Å²) in [6.07, 6.45) is 6.85. The molecule has 396 valence electrons. The van der Waals surface area contributed by atoms with Gasteiger partial charge in [-0.25, -0.2) is 0 Å². The van der Waals surface area contributed by atoms with Gasteiger partial charge in [0.2, 0.25) is 0 Å². The number of rotatable bonds is 6. The molecule has 16 nitrogen and oxygen atoms in total. The number of nitrogens with one attached hydrogen (secondary N) is 1. The summed E-state index contributed by atoms with van der Waals surface area (Å²) in [5.74, 6) is 1.14. The Labute approximate surface area is 492 Å². The summed E-state index contributed by atoms with van der Waals surface area (Å²) in [7, 11) is 0. The molecule has 0 saturated carbocycles. The van der Waals surface area contributed by atoms with E-state index in [9.17, 15) is 0 Å². The second-order valence-corrected chi connectivity index (χ2v) is 24.2. The van der Waals surface area contributed by atoms with Crippen LogP contribution in [0.3, 0.4) is 0 Å². The molecule has 4 aliphatic heterocycles. The molecule has 0 fully saturated rings. The number of aromatic nitrogens is 10. The molecule has 85 heavy (non-hydrogen) atoms. The predicted octanol–water partition coefficient (Wildman–Crippen LogP) is 11.8. The van der Waals surface area contributed by atoms with Crippen LogP contribution in [-0.2, 0) is 5.66 Å². The molecular formula is C67H37AsN16S. The van der Waals surface area contributed by atoms with Gasteiger partial charge in [0.15, 0.2) is 0 Å². The molecule has 18 heteroatoms. The van der Waals surface area contributed by atoms with Crippen LogP contribution in [0, 0.1) is 3.95 Å². The Kier molecular flexibility index (Phi) is 10.4. The third-order valence-electron chi connectivity index (χ3n) is 15.8. The second kappa shape index (κ2) is 18.6. The number of benzene rings is 9. The van der Waals surface area contributed by atoms with Crippen LogP contribution in [0.1, 0.15) is 22.6 Å². The first-order valence-electron chi connectivity index (χ1n) is 27.4. The predicted molar refractivity (Wildman–Crippen MR) is 334 cm³/mol. The molecule has 0 saturated heterocycles. The summed E-state index contributed by atoms with van der Waals surface area (Å²) in [6.45, 7) is 0. The van der Waals surface area contributed by atoms with Gasteiger partial charge in [-0.15, -0.1) is 0 Å². The van der Waals surface area contributed by atoms with Crippen molar-refractivity contribution in [1.82, 2.24) is 50.1 Å². The molecule has 18 rings (SSSR count). The molecule has 14 aromatic rings. The van der Waals surface area contributed by atoms with E-state index in [2.05, 4.69) is 111 Å². The maximum atomic E-state index is 5.88. The first kappa shape index (κ1) is 47.7. The summed E-state index contributed by atoms with van der Waals surface area (Å²) < 4.78 is 2.19. The minimum absolute atomic E-state index is 0.320. The van der Waals surface area contributed by atoms with Crippen LogP contribution in [0.5, 0.6) is 0 Å². The Morgan fingerprint density at radius 3 is 2.08 bits per heavy atom. The van der Waals surface area contributed by atoms with Gasteiger partial charge in [0.1, 0.15) is 0 Å². The molecule has 4 aliphatic rings. The summed E-state index contributed by atoms with van der Waals surface area (Å²) in [5, 5.41) is 16.0. The zero-order valence-electron chi connectivity index (χ0n) is 44.3. The number of fused-ring (bicyclic) bond motifs is 11. The summed E-state index contributed by atoms with van der Waals surface area (Å²) in [5.41, 5.74) is 11.8. The average molecular weight is 1170 g/mol. The normalized spacial score (nSPS) is 16.0. The van der Waals surface area contributed by atoms with E-state index in [4.69, 9.17) is 59.9 Å². The molecule has 9 aromatic carbocycles. The van der Waals surface area contributed by atoms with Crippen molar-refractivity contribution in [2.45, 2.75) is 15.5 Å². The molecule has 0 amide bonds. The second-order valence-electron chi connectivity index (χ2n) is 20.7. The van der Waals surface area contributed by atoms with Crippen LogP contribution in [0.2, 0.25) is 0 Å². The Balaban J connectivity index is 1.10. The molecule has 5 aromatic heterocycles. The Hall–Kier alpha value is -10.9. The number of hydrogen-bond donors (Lipinski definition) is 1. The number of anilines is 4. The van der Waals surface area contributed by atoms with Crippen molar-refractivity contribution in [3.63, 3.8) is 0 Å². The van der Waals surface area contributed by atoms with Crippen LogP contribution in [0.4, 0.5) is 28.4 Å². The van der Waals surface area contributed by atoms with Crippen LogP contribution in [-0.4, -0.2) is 77.1 Å². The zero-order valence-corrected chi connectivity index (χ0v) is 47.0. The molecule has 1 atom stereocenters. The molecule has 9 heterocycles. The van der Waals surface area contributed by atoms with Crippen LogP contribution in [0.25, 0.3) is 71.8 Å². The van der Waals surface area contributed by atoms with Gasteiger partial charge in [-0.2, -0.15) is 0 Å². The van der Waals surface area contributed by atoms with Crippen LogP contribution < -0.4 is 24.8 Å². The topological polar surface area (TPSA) is 184 Å². The maximum absolute atomic E-state index is 5.88. The fourth-order valence-corrected chi connectivity index (χ4v) is 15.7. The van der Waals surface area contributed by atoms with E-state index < -0.39 is 21.0 Å². The summed E-state index contributed by atoms with van der Waals surface area (Å²) in [4.78, 5) is 66.8. The van der Waals surface area contributed by atoms with Gasteiger partial charge in [-0.1, -0.05) is 6.07 Å². The van der Waals surface area contributed by atoms with E-state index in [-0.39, 0.29) is 0 Å². The molecule has 0 spiro atoms. The van der Waals surface area contributed by atoms with Gasteiger partial charge >= 0.3 is 489 Å². The van der Waals surface area contributed by atoms with Crippen molar-refractivity contribution >= 4 is 143 Å². The number of nitrogens with zero attached hydrogens (tertiary/aromatic N) is 15. The molecule has 1 unspecified atom stereocenters. The number of aliphatic imine (C=N–C) groups is 2. The number of amidine groups is 2. The van der Waals surface area contributed by atoms with Crippen molar-refractivity contribution in [3.8, 4) is 0 Å². The molecule has 0 bridgehead atoms. The number of para-hydroxylation sites is 9. The summed E-state index contributed by atoms with van der Waals surface area (Å²) in [6, 6.07) is 65.9. The Morgan fingerprint density at radius 2 is 1.20 bits per heavy atom. The van der Waals surface area contributed by atoms with Gasteiger partial charge in [0, 0.05) is 0 Å².